The summed E-state index contributed by atoms with van der Waals surface area (Å²) in [5.41, 5.74) is -0.266. The van der Waals surface area contributed by atoms with E-state index in [-0.39, 0.29) is 80.1 Å². The SMILES string of the molecule is C/C1=C/C=C/C(C)C[C@@H](C)C(O)[C@@H](C)C(OC(=O)CN2CCN(CC3CCCCC3)CC2)[C@H](C)C/C=C/OC2(C)Oc3c(C)c(O)c4c(O)c(c5c(c4c3C2=O)=NC2(CCN(CC(C)C)CC2)N=5)NC1=O.CO. The minimum atomic E-state index is -1.87. The summed E-state index contributed by atoms with van der Waals surface area (Å²) in [6, 6.07) is 0. The Morgan fingerprint density at radius 3 is 2.22 bits per heavy atom. The lowest BCUT2D eigenvalue weighted by Gasteiger charge is -2.38. The van der Waals surface area contributed by atoms with Crippen LogP contribution in [0.3, 0.4) is 0 Å². The van der Waals surface area contributed by atoms with Gasteiger partial charge < -0.3 is 49.8 Å². The third kappa shape index (κ3) is 12.3. The number of anilines is 1. The number of phenols is 2. The van der Waals surface area contributed by atoms with Crippen molar-refractivity contribution in [3.05, 3.63) is 58.0 Å². The number of nitrogens with one attached hydrogen (secondary N) is 1. The monoisotopic (exact) mass is 1010 g/mol. The number of amides is 1. The third-order valence-electron chi connectivity index (χ3n) is 16.2. The Morgan fingerprint density at radius 2 is 1.55 bits per heavy atom. The maximum atomic E-state index is 14.9. The van der Waals surface area contributed by atoms with Crippen LogP contribution in [0.25, 0.3) is 10.8 Å². The average molecular weight is 1010 g/mol. The van der Waals surface area contributed by atoms with E-state index in [1.54, 1.807) is 26.0 Å². The maximum Gasteiger partial charge on any atom is 0.320 e. The number of Topliss-reactive ketones (excluding diaryl/α,β-unsaturated/α-hetero) is 1. The number of fused-ring (bicyclic) bond motifs is 13. The lowest BCUT2D eigenvalue weighted by Crippen LogP contribution is -2.50. The molecule has 1 aliphatic carbocycles. The molecule has 6 aliphatic heterocycles. The van der Waals surface area contributed by atoms with Crippen molar-refractivity contribution in [1.29, 1.82) is 0 Å². The van der Waals surface area contributed by atoms with Crippen molar-refractivity contribution >= 4 is 34.1 Å². The molecule has 0 radical (unpaired) electrons. The van der Waals surface area contributed by atoms with Crippen LogP contribution in [0.5, 0.6) is 17.2 Å². The summed E-state index contributed by atoms with van der Waals surface area (Å²) in [5.74, 6) is -3.46. The molecule has 73 heavy (non-hydrogen) atoms. The number of hydrogen-bond acceptors (Lipinski definition) is 15. The highest BCUT2D eigenvalue weighted by Crippen LogP contribution is 2.50. The number of benzene rings is 2. The molecule has 5 N–H and O–H groups in total. The summed E-state index contributed by atoms with van der Waals surface area (Å²) in [5, 5.41) is 46.6. The first-order valence-electron chi connectivity index (χ1n) is 27.0. The second-order valence-corrected chi connectivity index (χ2v) is 22.6. The number of allylic oxidation sites excluding steroid dienone is 4. The van der Waals surface area contributed by atoms with Crippen molar-refractivity contribution in [3.63, 3.8) is 0 Å². The number of ketones is 1. The van der Waals surface area contributed by atoms with Crippen LogP contribution in [-0.2, 0) is 19.1 Å². The average Bonchev–Trinajstić information content (AvgIpc) is 3.87. The van der Waals surface area contributed by atoms with Gasteiger partial charge in [-0.1, -0.05) is 79.0 Å². The molecule has 5 bridgehead atoms. The molecule has 7 aliphatic rings. The van der Waals surface area contributed by atoms with Crippen LogP contribution < -0.4 is 20.8 Å². The zero-order valence-corrected chi connectivity index (χ0v) is 45.2. The standard InChI is InChI=1S/C56H80N6O9.CH4O/c1-33(2)30-60-22-20-56(21-23-60)58-45-42-43-49(65)39(8)52-44(42)53(67)55(9,71-52)69-28-14-17-35(4)51(70-41(63)32-62-26-24-61(25-27-62)31-40-18-11-10-12-19-40)38(7)48(64)37(6)29-34(3)15-13-16-36(5)54(68)57-47(50(43)66)46(45)59-56;1-2/h13-16,28,33-35,37-38,40,48,51,64-66H,10-12,17-27,29-32H2,1-9H3,(H,57,68);2H,1H3/b15-13+,28-14+,36-16-;/t34?,35-,37-,38-,48?,51?,55?;/m1./s1. The number of aliphatic hydroxyl groups is 2. The van der Waals surface area contributed by atoms with Gasteiger partial charge in [0.1, 0.15) is 28.6 Å². The highest BCUT2D eigenvalue weighted by atomic mass is 16.7. The highest BCUT2D eigenvalue weighted by molar-refractivity contribution is 6.19. The van der Waals surface area contributed by atoms with Gasteiger partial charge in [-0.3, -0.25) is 29.3 Å². The maximum absolute atomic E-state index is 14.9. The molecule has 2 aromatic carbocycles. The number of esters is 1. The van der Waals surface area contributed by atoms with E-state index in [0.717, 1.165) is 65.4 Å². The van der Waals surface area contributed by atoms with E-state index in [9.17, 15) is 29.7 Å². The number of aliphatic hydroxyl groups excluding tert-OH is 2. The van der Waals surface area contributed by atoms with E-state index in [0.29, 0.717) is 37.2 Å². The van der Waals surface area contributed by atoms with E-state index in [4.69, 9.17) is 29.3 Å². The van der Waals surface area contributed by atoms with E-state index < -0.39 is 47.0 Å². The predicted octanol–water partition coefficient (Wildman–Crippen LogP) is 6.94. The molecular formula is C57H84N6O10. The molecule has 2 aromatic rings. The Balaban J connectivity index is 0.00000385. The third-order valence-corrected chi connectivity index (χ3v) is 16.2. The Kier molecular flexibility index (Phi) is 18.2. The lowest BCUT2D eigenvalue weighted by molar-refractivity contribution is -0.160. The van der Waals surface area contributed by atoms with Gasteiger partial charge in [0.2, 0.25) is 0 Å². The molecule has 3 fully saturated rings. The Labute approximate surface area is 432 Å². The van der Waals surface area contributed by atoms with Crippen LogP contribution in [0.15, 0.2) is 46.1 Å². The number of rotatable bonds is 7. The molecule has 402 valence electrons. The van der Waals surface area contributed by atoms with Crippen LogP contribution in [0.1, 0.15) is 129 Å². The zero-order chi connectivity index (χ0) is 52.9. The summed E-state index contributed by atoms with van der Waals surface area (Å²) in [6.45, 7) is 24.3. The molecule has 1 spiro atoms. The van der Waals surface area contributed by atoms with Crippen LogP contribution in [-0.4, -0.2) is 142 Å². The summed E-state index contributed by atoms with van der Waals surface area (Å²) >= 11 is 0. The van der Waals surface area contributed by atoms with Crippen LogP contribution in [0.2, 0.25) is 0 Å². The molecule has 4 unspecified atom stereocenters. The van der Waals surface area contributed by atoms with Crippen molar-refractivity contribution in [2.24, 2.45) is 45.5 Å². The largest absolute Gasteiger partial charge is 0.507 e. The van der Waals surface area contributed by atoms with Crippen molar-refractivity contribution in [2.45, 2.75) is 144 Å². The summed E-state index contributed by atoms with van der Waals surface area (Å²) in [6.07, 6.45) is 16.1. The fourth-order valence-electron chi connectivity index (χ4n) is 12.0. The Bertz CT molecular complexity index is 2560. The second kappa shape index (κ2) is 23.8. The summed E-state index contributed by atoms with van der Waals surface area (Å²) < 4.78 is 19.0. The molecule has 1 amide bonds. The minimum absolute atomic E-state index is 0.00294. The van der Waals surface area contributed by atoms with Gasteiger partial charge in [0.05, 0.1) is 35.2 Å². The first-order valence-corrected chi connectivity index (χ1v) is 27.0. The molecule has 7 atom stereocenters. The predicted molar refractivity (Wildman–Crippen MR) is 282 cm³/mol. The molecule has 2 saturated heterocycles. The van der Waals surface area contributed by atoms with Gasteiger partial charge in [-0.05, 0) is 75.2 Å². The normalized spacial score (nSPS) is 30.3. The number of carbonyl (C=O) groups is 3. The quantitative estimate of drug-likeness (QED) is 0.141. The minimum Gasteiger partial charge on any atom is -0.507 e. The van der Waals surface area contributed by atoms with Crippen molar-refractivity contribution in [3.8, 4) is 17.2 Å². The number of phenolic OH excluding ortho intramolecular Hbond substituents is 2. The highest BCUT2D eigenvalue weighted by Gasteiger charge is 2.50. The number of likely N-dealkylation sites (tertiary alicyclic amines) is 1. The Morgan fingerprint density at radius 1 is 0.890 bits per heavy atom. The van der Waals surface area contributed by atoms with Crippen molar-refractivity contribution < 1.29 is 49.0 Å². The second-order valence-electron chi connectivity index (χ2n) is 22.6. The zero-order valence-electron chi connectivity index (χ0n) is 45.2. The molecule has 1 saturated carbocycles. The lowest BCUT2D eigenvalue weighted by atomic mass is 9.80. The van der Waals surface area contributed by atoms with Crippen LogP contribution in [0, 0.1) is 42.4 Å². The van der Waals surface area contributed by atoms with Crippen molar-refractivity contribution in [2.75, 3.05) is 71.3 Å². The number of carbonyl (C=O) groups excluding carboxylic acids is 3. The number of piperazine rings is 1. The fraction of sp³-hybridized carbons (Fsp3) is 0.667. The van der Waals surface area contributed by atoms with Gasteiger partial charge in [-0.15, -0.1) is 0 Å². The van der Waals surface area contributed by atoms with Gasteiger partial charge in [-0.25, -0.2) is 0 Å². The van der Waals surface area contributed by atoms with Gasteiger partial charge in [-0.2, -0.15) is 0 Å². The topological polar surface area (TPSA) is 206 Å². The summed E-state index contributed by atoms with van der Waals surface area (Å²) in [4.78, 5) is 60.3. The number of hydrogen-bond donors (Lipinski definition) is 5. The van der Waals surface area contributed by atoms with Crippen LogP contribution in [0.4, 0.5) is 5.69 Å². The van der Waals surface area contributed by atoms with E-state index >= 15 is 0 Å². The number of piperidine rings is 1. The smallest absolute Gasteiger partial charge is 0.320 e. The van der Waals surface area contributed by atoms with Gasteiger partial charge >= 0.3 is 11.8 Å². The number of aromatic hydroxyl groups is 2. The van der Waals surface area contributed by atoms with E-state index in [1.807, 2.05) is 32.9 Å². The first kappa shape index (κ1) is 55.9. The molecule has 9 rings (SSSR count). The van der Waals surface area contributed by atoms with Gasteiger partial charge in [0.25, 0.3) is 11.7 Å². The molecule has 0 aromatic heterocycles. The van der Waals surface area contributed by atoms with Crippen molar-refractivity contribution in [1.82, 2.24) is 14.7 Å². The van der Waals surface area contributed by atoms with Gasteiger partial charge in [0.15, 0.2) is 11.4 Å². The van der Waals surface area contributed by atoms with Gasteiger partial charge in [0, 0.05) is 102 Å². The molecule has 16 heteroatoms. The molecular weight excluding hydrogens is 929 g/mol. The molecule has 6 heterocycles. The first-order chi connectivity index (χ1) is 34.8. The number of ether oxygens (including phenoxy) is 3. The van der Waals surface area contributed by atoms with E-state index in [2.05, 4.69) is 40.8 Å². The summed E-state index contributed by atoms with van der Waals surface area (Å²) in [7, 11) is 1.00. The van der Waals surface area contributed by atoms with E-state index in [1.165, 1.54) is 45.3 Å². The number of nitrogens with zero attached hydrogens (tertiary/aromatic N) is 5. The fourth-order valence-corrected chi connectivity index (χ4v) is 12.0. The van der Waals surface area contributed by atoms with Crippen LogP contribution >= 0.6 is 0 Å². The Hall–Kier alpha value is -4.87. The molecule has 16 nitrogen and oxygen atoms in total.